The molecule has 0 saturated heterocycles. The van der Waals surface area contributed by atoms with Gasteiger partial charge in [0.25, 0.3) is 0 Å². The maximum absolute atomic E-state index is 14.0. The van der Waals surface area contributed by atoms with Gasteiger partial charge in [0.2, 0.25) is 5.91 Å². The highest BCUT2D eigenvalue weighted by molar-refractivity contribution is 7.83. The number of halogens is 3. The second kappa shape index (κ2) is 7.44. The van der Waals surface area contributed by atoms with Crippen LogP contribution in [0.25, 0.3) is 0 Å². The summed E-state index contributed by atoms with van der Waals surface area (Å²) in [5, 5.41) is 3.68. The van der Waals surface area contributed by atoms with Crippen LogP contribution in [-0.4, -0.2) is 16.4 Å². The summed E-state index contributed by atoms with van der Waals surface area (Å²) in [6.45, 7) is 0. The first kappa shape index (κ1) is 18.4. The van der Waals surface area contributed by atoms with Crippen LogP contribution in [0.4, 0.5) is 10.1 Å². The molecular formula is C18H16Cl2FNO2S. The first-order chi connectivity index (χ1) is 11.9. The summed E-state index contributed by atoms with van der Waals surface area (Å²) in [7, 11) is -1.03. The van der Waals surface area contributed by atoms with E-state index in [0.29, 0.717) is 39.0 Å². The maximum Gasteiger partial charge on any atom is 0.228 e. The van der Waals surface area contributed by atoms with E-state index < -0.39 is 10.8 Å². The number of carbonyl (C=O) groups is 1. The van der Waals surface area contributed by atoms with Crippen LogP contribution < -0.4 is 5.32 Å². The fourth-order valence-electron chi connectivity index (χ4n) is 2.89. The van der Waals surface area contributed by atoms with E-state index in [1.165, 1.54) is 6.07 Å². The molecule has 1 amide bonds. The van der Waals surface area contributed by atoms with Gasteiger partial charge in [0.15, 0.2) is 0 Å². The topological polar surface area (TPSA) is 46.2 Å². The number of carbonyl (C=O) groups excluding carboxylic acids is 1. The first-order valence-corrected chi connectivity index (χ1v) is 10.2. The monoisotopic (exact) mass is 399 g/mol. The molecule has 1 fully saturated rings. The summed E-state index contributed by atoms with van der Waals surface area (Å²) in [5.41, 5.74) is 1.70. The van der Waals surface area contributed by atoms with Crippen LogP contribution in [0.1, 0.15) is 23.5 Å². The van der Waals surface area contributed by atoms with Crippen LogP contribution in [-0.2, 0) is 21.3 Å². The molecule has 1 aliphatic rings. The molecule has 25 heavy (non-hydrogen) atoms. The number of benzene rings is 2. The normalized spacial score (nSPS) is 20.2. The summed E-state index contributed by atoms with van der Waals surface area (Å²) in [4.78, 5) is 12.4. The first-order valence-electron chi connectivity index (χ1n) is 7.70. The van der Waals surface area contributed by atoms with Crippen molar-refractivity contribution in [2.45, 2.75) is 18.1 Å². The Morgan fingerprint density at radius 1 is 1.28 bits per heavy atom. The van der Waals surface area contributed by atoms with Gasteiger partial charge in [-0.2, -0.15) is 0 Å². The third-order valence-electron chi connectivity index (χ3n) is 4.17. The summed E-state index contributed by atoms with van der Waals surface area (Å²) in [5.74, 6) is -0.765. The fraction of sp³-hybridized carbons (Fsp3) is 0.278. The zero-order valence-electron chi connectivity index (χ0n) is 13.4. The van der Waals surface area contributed by atoms with Crippen LogP contribution >= 0.6 is 23.2 Å². The standard InChI is InChI=1S/C18H16Cl2FNO2S/c1-25(24)9-10-7-11(5-6-14(10)19)22-18(23)13-8-12(13)17-15(20)3-2-4-16(17)21/h2-7,12-13H,8-9H2,1H3,(H,22,23)/t12-,13-,25-/m0/s1. The highest BCUT2D eigenvalue weighted by Gasteiger charge is 2.46. The third-order valence-corrected chi connectivity index (χ3v) is 5.59. The molecule has 0 unspecified atom stereocenters. The van der Waals surface area contributed by atoms with Crippen molar-refractivity contribution in [2.75, 3.05) is 11.6 Å². The lowest BCUT2D eigenvalue weighted by atomic mass is 10.1. The van der Waals surface area contributed by atoms with Gasteiger partial charge in [-0.3, -0.25) is 9.00 Å². The molecular weight excluding hydrogens is 384 g/mol. The number of amides is 1. The average Bonchev–Trinajstić information content (AvgIpc) is 3.30. The smallest absolute Gasteiger partial charge is 0.228 e. The van der Waals surface area contributed by atoms with Crippen molar-refractivity contribution in [1.29, 1.82) is 0 Å². The van der Waals surface area contributed by atoms with Crippen LogP contribution in [0, 0.1) is 11.7 Å². The van der Waals surface area contributed by atoms with E-state index in [0.717, 1.165) is 0 Å². The SMILES string of the molecule is C[S@](=O)Cc1cc(NC(=O)[C@H]2C[C@@H]2c2c(F)cccc2Cl)ccc1Cl. The Bertz CT molecular complexity index is 839. The number of rotatable bonds is 5. The Kier molecular flexibility index (Phi) is 5.46. The molecule has 3 nitrogen and oxygen atoms in total. The van der Waals surface area contributed by atoms with Gasteiger partial charge < -0.3 is 5.32 Å². The number of hydrogen-bond acceptors (Lipinski definition) is 2. The van der Waals surface area contributed by atoms with E-state index >= 15 is 0 Å². The van der Waals surface area contributed by atoms with Crippen LogP contribution in [0.15, 0.2) is 36.4 Å². The van der Waals surface area contributed by atoms with Crippen molar-refractivity contribution in [3.63, 3.8) is 0 Å². The molecule has 0 heterocycles. The molecule has 0 bridgehead atoms. The highest BCUT2D eigenvalue weighted by atomic mass is 35.5. The lowest BCUT2D eigenvalue weighted by Crippen LogP contribution is -2.15. The number of anilines is 1. The number of hydrogen-bond donors (Lipinski definition) is 1. The van der Waals surface area contributed by atoms with Gasteiger partial charge in [0, 0.05) is 55.9 Å². The van der Waals surface area contributed by atoms with Gasteiger partial charge in [-0.15, -0.1) is 0 Å². The van der Waals surface area contributed by atoms with E-state index in [1.807, 2.05) is 0 Å². The fourth-order valence-corrected chi connectivity index (χ4v) is 4.13. The molecule has 0 aliphatic heterocycles. The molecule has 3 atom stereocenters. The lowest BCUT2D eigenvalue weighted by Gasteiger charge is -2.09. The van der Waals surface area contributed by atoms with E-state index in [-0.39, 0.29) is 23.6 Å². The molecule has 2 aromatic rings. The molecule has 0 radical (unpaired) electrons. The van der Waals surface area contributed by atoms with Gasteiger partial charge in [-0.05, 0) is 42.3 Å². The van der Waals surface area contributed by atoms with Crippen molar-refractivity contribution in [2.24, 2.45) is 5.92 Å². The van der Waals surface area contributed by atoms with Crippen molar-refractivity contribution in [1.82, 2.24) is 0 Å². The molecule has 132 valence electrons. The van der Waals surface area contributed by atoms with E-state index in [9.17, 15) is 13.4 Å². The minimum absolute atomic E-state index is 0.185. The van der Waals surface area contributed by atoms with E-state index in [1.54, 1.807) is 36.6 Å². The average molecular weight is 400 g/mol. The van der Waals surface area contributed by atoms with Crippen molar-refractivity contribution < 1.29 is 13.4 Å². The zero-order valence-corrected chi connectivity index (χ0v) is 15.7. The number of nitrogens with one attached hydrogen (secondary N) is 1. The molecule has 7 heteroatoms. The Balaban J connectivity index is 1.71. The van der Waals surface area contributed by atoms with Crippen LogP contribution in [0.3, 0.4) is 0 Å². The molecule has 3 rings (SSSR count). The summed E-state index contributed by atoms with van der Waals surface area (Å²) >= 11 is 12.2. The molecule has 0 aromatic heterocycles. The van der Waals surface area contributed by atoms with Gasteiger partial charge in [0.05, 0.1) is 0 Å². The van der Waals surface area contributed by atoms with Crippen molar-refractivity contribution in [3.05, 3.63) is 63.4 Å². The zero-order chi connectivity index (χ0) is 18.1. The predicted octanol–water partition coefficient (Wildman–Crippen LogP) is 4.75. The van der Waals surface area contributed by atoms with Gasteiger partial charge in [-0.1, -0.05) is 29.3 Å². The molecule has 1 saturated carbocycles. The Morgan fingerprint density at radius 2 is 2.04 bits per heavy atom. The molecule has 2 aromatic carbocycles. The maximum atomic E-state index is 14.0. The van der Waals surface area contributed by atoms with Gasteiger partial charge >= 0.3 is 0 Å². The summed E-state index contributed by atoms with van der Waals surface area (Å²) in [6, 6.07) is 9.60. The second-order valence-corrected chi connectivity index (χ2v) is 8.35. The van der Waals surface area contributed by atoms with E-state index in [4.69, 9.17) is 23.2 Å². The summed E-state index contributed by atoms with van der Waals surface area (Å²) < 4.78 is 25.4. The predicted molar refractivity (Wildman–Crippen MR) is 100 cm³/mol. The lowest BCUT2D eigenvalue weighted by molar-refractivity contribution is -0.117. The summed E-state index contributed by atoms with van der Waals surface area (Å²) in [6.07, 6.45) is 2.15. The quantitative estimate of drug-likeness (QED) is 0.787. The Labute approximate surface area is 158 Å². The largest absolute Gasteiger partial charge is 0.326 e. The Hall–Kier alpha value is -1.43. The van der Waals surface area contributed by atoms with Crippen molar-refractivity contribution in [3.8, 4) is 0 Å². The van der Waals surface area contributed by atoms with Crippen molar-refractivity contribution >= 4 is 45.6 Å². The molecule has 1 N–H and O–H groups in total. The minimum atomic E-state index is -1.03. The van der Waals surface area contributed by atoms with E-state index in [2.05, 4.69) is 5.32 Å². The minimum Gasteiger partial charge on any atom is -0.326 e. The van der Waals surface area contributed by atoms with Crippen LogP contribution in [0.5, 0.6) is 0 Å². The highest BCUT2D eigenvalue weighted by Crippen LogP contribution is 2.50. The second-order valence-electron chi connectivity index (χ2n) is 6.10. The molecule has 1 aliphatic carbocycles. The van der Waals surface area contributed by atoms with Gasteiger partial charge in [0.1, 0.15) is 5.82 Å². The third kappa shape index (κ3) is 4.22. The van der Waals surface area contributed by atoms with Crippen LogP contribution in [0.2, 0.25) is 10.0 Å². The Morgan fingerprint density at radius 3 is 2.72 bits per heavy atom. The molecule has 0 spiro atoms. The van der Waals surface area contributed by atoms with Gasteiger partial charge in [-0.25, -0.2) is 4.39 Å².